The summed E-state index contributed by atoms with van der Waals surface area (Å²) >= 11 is 9.10. The second kappa shape index (κ2) is 4.94. The third-order valence-electron chi connectivity index (χ3n) is 2.31. The van der Waals surface area contributed by atoms with Gasteiger partial charge in [-0.25, -0.2) is 0 Å². The Morgan fingerprint density at radius 1 is 1.35 bits per heavy atom. The first kappa shape index (κ1) is 12.2. The zero-order valence-electron chi connectivity index (χ0n) is 9.08. The van der Waals surface area contributed by atoms with Gasteiger partial charge in [0.15, 0.2) is 0 Å². The molecule has 1 aromatic carbocycles. The average molecular weight is 314 g/mol. The molecule has 3 nitrogen and oxygen atoms in total. The van der Waals surface area contributed by atoms with Crippen molar-refractivity contribution >= 4 is 39.1 Å². The number of aromatic nitrogens is 1. The van der Waals surface area contributed by atoms with E-state index in [9.17, 15) is 4.79 Å². The third-order valence-corrected chi connectivity index (χ3v) is 2.99. The molecular weight excluding hydrogens is 304 g/mol. The molecule has 0 aliphatic carbocycles. The van der Waals surface area contributed by atoms with Gasteiger partial charge in [0.2, 0.25) is 0 Å². The van der Waals surface area contributed by atoms with Crippen molar-refractivity contribution in [3.63, 3.8) is 0 Å². The Hall–Kier alpha value is -1.26. The van der Waals surface area contributed by atoms with Crippen molar-refractivity contribution < 1.29 is 4.79 Å². The molecule has 0 aliphatic heterocycles. The molecule has 1 amide bonds. The van der Waals surface area contributed by atoms with Crippen LogP contribution in [0.1, 0.15) is 10.5 Å². The van der Waals surface area contributed by atoms with Gasteiger partial charge in [0.1, 0.15) is 5.69 Å². The maximum atomic E-state index is 11.9. The summed E-state index contributed by atoms with van der Waals surface area (Å²) in [6, 6.07) is 8.76. The second-order valence-electron chi connectivity index (χ2n) is 3.62. The topological polar surface area (TPSA) is 34.0 Å². The Labute approximate surface area is 113 Å². The predicted octanol–water partition coefficient (Wildman–Crippen LogP) is 3.69. The third kappa shape index (κ3) is 2.90. The van der Waals surface area contributed by atoms with E-state index in [4.69, 9.17) is 11.6 Å². The predicted molar refractivity (Wildman–Crippen MR) is 72.5 cm³/mol. The minimum Gasteiger partial charge on any atom is -0.345 e. The van der Waals surface area contributed by atoms with Gasteiger partial charge in [-0.3, -0.25) is 4.79 Å². The molecule has 1 N–H and O–H groups in total. The normalized spacial score (nSPS) is 10.3. The highest BCUT2D eigenvalue weighted by atomic mass is 79.9. The summed E-state index contributed by atoms with van der Waals surface area (Å²) in [5.41, 5.74) is 1.31. The van der Waals surface area contributed by atoms with E-state index < -0.39 is 0 Å². The van der Waals surface area contributed by atoms with Crippen LogP contribution in [0.4, 0.5) is 5.69 Å². The average Bonchev–Trinajstić information content (AvgIpc) is 2.61. The van der Waals surface area contributed by atoms with Crippen LogP contribution in [-0.2, 0) is 7.05 Å². The van der Waals surface area contributed by atoms with Gasteiger partial charge in [-0.15, -0.1) is 0 Å². The molecule has 0 saturated heterocycles. The lowest BCUT2D eigenvalue weighted by molar-refractivity contribution is 0.101. The lowest BCUT2D eigenvalue weighted by atomic mass is 10.3. The number of benzene rings is 1. The molecule has 1 heterocycles. The van der Waals surface area contributed by atoms with E-state index in [1.165, 1.54) is 0 Å². The van der Waals surface area contributed by atoms with Crippen LogP contribution >= 0.6 is 27.5 Å². The van der Waals surface area contributed by atoms with Crippen LogP contribution in [0.15, 0.2) is 41.0 Å². The summed E-state index contributed by atoms with van der Waals surface area (Å²) in [4.78, 5) is 11.9. The number of rotatable bonds is 2. The van der Waals surface area contributed by atoms with Crippen LogP contribution < -0.4 is 5.32 Å². The SMILES string of the molecule is Cn1cc(Br)cc1C(=O)Nc1ccc(Cl)cc1. The maximum absolute atomic E-state index is 11.9. The fourth-order valence-electron chi connectivity index (χ4n) is 1.48. The van der Waals surface area contributed by atoms with E-state index in [2.05, 4.69) is 21.2 Å². The van der Waals surface area contributed by atoms with Crippen LogP contribution in [0.5, 0.6) is 0 Å². The number of nitrogens with one attached hydrogen (secondary N) is 1. The van der Waals surface area contributed by atoms with Crippen LogP contribution in [0.3, 0.4) is 0 Å². The van der Waals surface area contributed by atoms with Gasteiger partial charge < -0.3 is 9.88 Å². The highest BCUT2D eigenvalue weighted by Crippen LogP contribution is 2.17. The van der Waals surface area contributed by atoms with Gasteiger partial charge in [-0.2, -0.15) is 0 Å². The first-order chi connectivity index (χ1) is 8.06. The largest absolute Gasteiger partial charge is 0.345 e. The summed E-state index contributed by atoms with van der Waals surface area (Å²) in [6.45, 7) is 0. The van der Waals surface area contributed by atoms with Crippen LogP contribution in [0, 0.1) is 0 Å². The van der Waals surface area contributed by atoms with Crippen LogP contribution in [-0.4, -0.2) is 10.5 Å². The van der Waals surface area contributed by atoms with E-state index >= 15 is 0 Å². The Balaban J connectivity index is 2.17. The molecule has 0 atom stereocenters. The molecule has 0 unspecified atom stereocenters. The molecule has 0 bridgehead atoms. The monoisotopic (exact) mass is 312 g/mol. The van der Waals surface area contributed by atoms with Gasteiger partial charge in [0.25, 0.3) is 5.91 Å². The van der Waals surface area contributed by atoms with Crippen molar-refractivity contribution in [3.8, 4) is 0 Å². The molecule has 0 aliphatic rings. The molecule has 2 rings (SSSR count). The standard InChI is InChI=1S/C12H10BrClN2O/c1-16-7-8(13)6-11(16)12(17)15-10-4-2-9(14)3-5-10/h2-7H,1H3,(H,15,17). The summed E-state index contributed by atoms with van der Waals surface area (Å²) < 4.78 is 2.64. The number of aryl methyl sites for hydroxylation is 1. The van der Waals surface area contributed by atoms with Crippen LogP contribution in [0.25, 0.3) is 0 Å². The van der Waals surface area contributed by atoms with Gasteiger partial charge in [-0.1, -0.05) is 11.6 Å². The van der Waals surface area contributed by atoms with Crippen molar-refractivity contribution in [1.29, 1.82) is 0 Å². The van der Waals surface area contributed by atoms with Crippen molar-refractivity contribution in [2.24, 2.45) is 7.05 Å². The van der Waals surface area contributed by atoms with Gasteiger partial charge in [-0.05, 0) is 46.3 Å². The molecule has 0 radical (unpaired) electrons. The number of carbonyl (C=O) groups is 1. The Morgan fingerprint density at radius 3 is 2.53 bits per heavy atom. The molecule has 0 saturated carbocycles. The molecule has 2 aromatic rings. The molecule has 0 fully saturated rings. The first-order valence-corrected chi connectivity index (χ1v) is 6.12. The zero-order chi connectivity index (χ0) is 12.4. The van der Waals surface area contributed by atoms with Crippen LogP contribution in [0.2, 0.25) is 5.02 Å². The number of anilines is 1. The molecule has 88 valence electrons. The van der Waals surface area contributed by atoms with Gasteiger partial charge >= 0.3 is 0 Å². The lowest BCUT2D eigenvalue weighted by Crippen LogP contribution is -2.15. The van der Waals surface area contributed by atoms with E-state index in [0.29, 0.717) is 10.7 Å². The van der Waals surface area contributed by atoms with E-state index in [1.54, 1.807) is 34.9 Å². The summed E-state index contributed by atoms with van der Waals surface area (Å²) in [5.74, 6) is -0.152. The summed E-state index contributed by atoms with van der Waals surface area (Å²) in [5, 5.41) is 3.44. The maximum Gasteiger partial charge on any atom is 0.272 e. The second-order valence-corrected chi connectivity index (χ2v) is 4.97. The number of halogens is 2. The zero-order valence-corrected chi connectivity index (χ0v) is 11.4. The van der Waals surface area contributed by atoms with E-state index in [-0.39, 0.29) is 5.91 Å². The van der Waals surface area contributed by atoms with Gasteiger partial charge in [0, 0.05) is 28.4 Å². The van der Waals surface area contributed by atoms with E-state index in [1.807, 2.05) is 13.2 Å². The summed E-state index contributed by atoms with van der Waals surface area (Å²) in [7, 11) is 1.82. The summed E-state index contributed by atoms with van der Waals surface area (Å²) in [6.07, 6.45) is 1.83. The lowest BCUT2D eigenvalue weighted by Gasteiger charge is -2.05. The highest BCUT2D eigenvalue weighted by Gasteiger charge is 2.10. The Morgan fingerprint density at radius 2 is 2.00 bits per heavy atom. The Kier molecular flexibility index (Phi) is 3.54. The molecule has 5 heteroatoms. The number of amides is 1. The van der Waals surface area contributed by atoms with E-state index in [0.717, 1.165) is 10.2 Å². The molecule has 0 spiro atoms. The highest BCUT2D eigenvalue weighted by molar-refractivity contribution is 9.10. The minimum atomic E-state index is -0.152. The van der Waals surface area contributed by atoms with Gasteiger partial charge in [0.05, 0.1) is 0 Å². The number of hydrogen-bond donors (Lipinski definition) is 1. The Bertz CT molecular complexity index is 548. The van der Waals surface area contributed by atoms with Crippen molar-refractivity contribution in [3.05, 3.63) is 51.7 Å². The van der Waals surface area contributed by atoms with Crippen molar-refractivity contribution in [2.45, 2.75) is 0 Å². The van der Waals surface area contributed by atoms with Crippen molar-refractivity contribution in [2.75, 3.05) is 5.32 Å². The fraction of sp³-hybridized carbons (Fsp3) is 0.0833. The quantitative estimate of drug-likeness (QED) is 0.901. The molecular formula is C12H10BrClN2O. The molecule has 17 heavy (non-hydrogen) atoms. The number of hydrogen-bond acceptors (Lipinski definition) is 1. The smallest absolute Gasteiger partial charge is 0.272 e. The minimum absolute atomic E-state index is 0.152. The number of nitrogens with zero attached hydrogens (tertiary/aromatic N) is 1. The number of carbonyl (C=O) groups excluding carboxylic acids is 1. The fourth-order valence-corrected chi connectivity index (χ4v) is 2.13. The first-order valence-electron chi connectivity index (χ1n) is 4.95. The molecule has 1 aromatic heterocycles. The van der Waals surface area contributed by atoms with Crippen molar-refractivity contribution in [1.82, 2.24) is 4.57 Å².